The normalized spacial score (nSPS) is 13.8. The van der Waals surface area contributed by atoms with E-state index in [0.717, 1.165) is 0 Å². The first-order valence-corrected chi connectivity index (χ1v) is 12.2. The lowest BCUT2D eigenvalue weighted by molar-refractivity contribution is -0.142. The van der Waals surface area contributed by atoms with Crippen LogP contribution in [0.15, 0.2) is 47.8 Å². The van der Waals surface area contributed by atoms with Crippen molar-refractivity contribution in [1.29, 1.82) is 0 Å². The smallest absolute Gasteiger partial charge is 0.326 e. The van der Waals surface area contributed by atoms with E-state index in [4.69, 9.17) is 17.2 Å². The average molecular weight is 546 g/mol. The average Bonchev–Trinajstić information content (AvgIpc) is 3.42. The molecule has 0 bridgehead atoms. The minimum atomic E-state index is -1.26. The Hall–Kier alpha value is -4.50. The van der Waals surface area contributed by atoms with E-state index in [-0.39, 0.29) is 38.2 Å². The first kappa shape index (κ1) is 30.7. The lowest BCUT2D eigenvalue weighted by Gasteiger charge is -2.25. The summed E-state index contributed by atoms with van der Waals surface area (Å²) in [6, 6.07) is 3.91. The molecule has 0 saturated heterocycles. The summed E-state index contributed by atoms with van der Waals surface area (Å²) in [6.07, 6.45) is 3.22. The largest absolute Gasteiger partial charge is 0.480 e. The van der Waals surface area contributed by atoms with Gasteiger partial charge in [0.15, 0.2) is 5.96 Å². The maximum atomic E-state index is 13.3. The lowest BCUT2D eigenvalue weighted by atomic mass is 10.0. The van der Waals surface area contributed by atoms with Crippen LogP contribution in [0.5, 0.6) is 0 Å². The number of carboxylic acid groups (broad SMARTS) is 1. The number of aromatic amines is 1. The molecule has 1 aromatic heterocycles. The molecular weight excluding hydrogens is 510 g/mol. The van der Waals surface area contributed by atoms with Crippen molar-refractivity contribution in [2.45, 2.75) is 49.9 Å². The van der Waals surface area contributed by atoms with E-state index < -0.39 is 54.5 Å². The van der Waals surface area contributed by atoms with E-state index in [1.54, 1.807) is 30.3 Å². The maximum absolute atomic E-state index is 13.3. The zero-order valence-corrected chi connectivity index (χ0v) is 21.2. The molecule has 1 aromatic carbocycles. The Balaban J connectivity index is 2.22. The third-order valence-electron chi connectivity index (χ3n) is 5.62. The number of nitrogens with one attached hydrogen (secondary N) is 4. The van der Waals surface area contributed by atoms with Gasteiger partial charge in [-0.2, -0.15) is 0 Å². The van der Waals surface area contributed by atoms with Crippen molar-refractivity contribution in [3.8, 4) is 0 Å². The van der Waals surface area contributed by atoms with Gasteiger partial charge in [-0.25, -0.2) is 9.78 Å². The number of benzene rings is 1. The summed E-state index contributed by atoms with van der Waals surface area (Å²) in [5, 5.41) is 26.4. The van der Waals surface area contributed by atoms with Gasteiger partial charge in [0.1, 0.15) is 24.2 Å². The molecule has 0 radical (unpaired) electrons. The number of nitrogens with two attached hydrogens (primary N) is 3. The first-order chi connectivity index (χ1) is 18.6. The second-order valence-corrected chi connectivity index (χ2v) is 8.73. The number of aromatic nitrogens is 2. The molecule has 15 heteroatoms. The van der Waals surface area contributed by atoms with Crippen LogP contribution in [0.25, 0.3) is 0 Å². The number of imidazole rings is 1. The highest BCUT2D eigenvalue weighted by Crippen LogP contribution is 2.07. The van der Waals surface area contributed by atoms with Crippen molar-refractivity contribution >= 4 is 29.7 Å². The molecule has 0 aliphatic heterocycles. The molecular formula is C24H35N9O6. The fourth-order valence-electron chi connectivity index (χ4n) is 3.55. The minimum Gasteiger partial charge on any atom is -0.480 e. The Morgan fingerprint density at radius 3 is 2.13 bits per heavy atom. The van der Waals surface area contributed by atoms with E-state index in [1.165, 1.54) is 12.5 Å². The predicted molar refractivity (Wildman–Crippen MR) is 141 cm³/mol. The molecule has 39 heavy (non-hydrogen) atoms. The number of hydrogen-bond acceptors (Lipinski definition) is 8. The van der Waals surface area contributed by atoms with Crippen LogP contribution in [0, 0.1) is 0 Å². The van der Waals surface area contributed by atoms with Gasteiger partial charge in [0, 0.05) is 31.3 Å². The number of aliphatic hydroxyl groups excluding tert-OH is 1. The van der Waals surface area contributed by atoms with Crippen molar-refractivity contribution in [2.75, 3.05) is 13.2 Å². The van der Waals surface area contributed by atoms with Gasteiger partial charge in [-0.05, 0) is 18.4 Å². The van der Waals surface area contributed by atoms with Crippen LogP contribution in [0.2, 0.25) is 0 Å². The molecule has 4 unspecified atom stereocenters. The molecule has 1 heterocycles. The van der Waals surface area contributed by atoms with E-state index >= 15 is 0 Å². The van der Waals surface area contributed by atoms with Crippen LogP contribution in [-0.4, -0.2) is 87.2 Å². The Labute approximate surface area is 224 Å². The zero-order valence-electron chi connectivity index (χ0n) is 21.2. The number of aliphatic imine (C=N–C) groups is 1. The molecule has 0 spiro atoms. The van der Waals surface area contributed by atoms with E-state index in [0.29, 0.717) is 11.3 Å². The number of aliphatic carboxylic acids is 1. The molecule has 4 atom stereocenters. The molecule has 15 nitrogen and oxygen atoms in total. The standard InChI is InChI=1S/C24H35N9O6/c25-16(12-34)20(35)32-19(10-15-11-28-13-30-15)22(37)33-18(9-14-5-2-1-3-6-14)21(36)31-17(23(38)39)7-4-8-29-24(26)27/h1-3,5-6,11,13,16-19,34H,4,7-10,12,25H2,(H,28,30)(H,31,36)(H,32,35)(H,33,37)(H,38,39)(H4,26,27,29). The predicted octanol–water partition coefficient (Wildman–Crippen LogP) is -2.89. The number of carbonyl (C=O) groups excluding carboxylic acids is 3. The summed E-state index contributed by atoms with van der Waals surface area (Å²) in [4.78, 5) is 61.2. The number of guanidine groups is 1. The Kier molecular flexibility index (Phi) is 12.4. The summed E-state index contributed by atoms with van der Waals surface area (Å²) < 4.78 is 0. The molecule has 0 fully saturated rings. The Bertz CT molecular complexity index is 1110. The fraction of sp³-hybridized carbons (Fsp3) is 0.417. The quantitative estimate of drug-likeness (QED) is 0.0590. The first-order valence-electron chi connectivity index (χ1n) is 12.2. The second-order valence-electron chi connectivity index (χ2n) is 8.73. The van der Waals surface area contributed by atoms with Gasteiger partial charge in [-0.1, -0.05) is 30.3 Å². The van der Waals surface area contributed by atoms with Gasteiger partial charge in [-0.15, -0.1) is 0 Å². The van der Waals surface area contributed by atoms with Crippen LogP contribution >= 0.6 is 0 Å². The number of rotatable bonds is 16. The summed E-state index contributed by atoms with van der Waals surface area (Å²) >= 11 is 0. The van der Waals surface area contributed by atoms with Crippen LogP contribution < -0.4 is 33.2 Å². The van der Waals surface area contributed by atoms with Gasteiger partial charge in [0.05, 0.1) is 12.9 Å². The molecule has 0 saturated carbocycles. The van der Waals surface area contributed by atoms with Crippen LogP contribution in [0.3, 0.4) is 0 Å². The summed E-state index contributed by atoms with van der Waals surface area (Å²) in [5.74, 6) is -3.62. The highest BCUT2D eigenvalue weighted by Gasteiger charge is 2.30. The molecule has 2 rings (SSSR count). The molecule has 0 aliphatic rings. The highest BCUT2D eigenvalue weighted by molar-refractivity contribution is 5.94. The van der Waals surface area contributed by atoms with E-state index in [1.807, 2.05) is 0 Å². The van der Waals surface area contributed by atoms with Gasteiger partial charge in [-0.3, -0.25) is 19.4 Å². The lowest BCUT2D eigenvalue weighted by Crippen LogP contribution is -2.58. The molecule has 12 N–H and O–H groups in total. The van der Waals surface area contributed by atoms with Crippen molar-refractivity contribution < 1.29 is 29.4 Å². The summed E-state index contributed by atoms with van der Waals surface area (Å²) in [7, 11) is 0. The minimum absolute atomic E-state index is 0.0159. The number of carbonyl (C=O) groups is 4. The van der Waals surface area contributed by atoms with Crippen molar-refractivity contribution in [3.63, 3.8) is 0 Å². The molecule has 0 aliphatic carbocycles. The van der Waals surface area contributed by atoms with Crippen LogP contribution in [0.4, 0.5) is 0 Å². The van der Waals surface area contributed by atoms with Gasteiger partial charge in [0.2, 0.25) is 17.7 Å². The van der Waals surface area contributed by atoms with Crippen molar-refractivity contribution in [1.82, 2.24) is 25.9 Å². The van der Waals surface area contributed by atoms with E-state index in [9.17, 15) is 29.4 Å². The zero-order chi connectivity index (χ0) is 28.8. The van der Waals surface area contributed by atoms with Gasteiger partial charge >= 0.3 is 5.97 Å². The molecule has 2 aromatic rings. The third kappa shape index (κ3) is 10.8. The summed E-state index contributed by atoms with van der Waals surface area (Å²) in [5.41, 5.74) is 17.4. The Morgan fingerprint density at radius 1 is 0.949 bits per heavy atom. The van der Waals surface area contributed by atoms with Gasteiger partial charge < -0.3 is 48.3 Å². The topological polar surface area (TPSA) is 264 Å². The number of aliphatic hydroxyl groups is 1. The maximum Gasteiger partial charge on any atom is 0.326 e. The molecule has 212 valence electrons. The molecule has 3 amide bonds. The van der Waals surface area contributed by atoms with Crippen molar-refractivity contribution in [3.05, 3.63) is 54.1 Å². The number of H-pyrrole nitrogens is 1. The fourth-order valence-corrected chi connectivity index (χ4v) is 3.55. The number of carboxylic acids is 1. The van der Waals surface area contributed by atoms with Crippen LogP contribution in [-0.2, 0) is 32.0 Å². The van der Waals surface area contributed by atoms with Gasteiger partial charge in [0.25, 0.3) is 0 Å². The third-order valence-corrected chi connectivity index (χ3v) is 5.62. The van der Waals surface area contributed by atoms with E-state index in [2.05, 4.69) is 30.9 Å². The SMILES string of the molecule is NC(N)=NCCCC(NC(=O)C(Cc1ccccc1)NC(=O)C(Cc1cnc[nH]1)NC(=O)C(N)CO)C(=O)O. The van der Waals surface area contributed by atoms with Crippen LogP contribution in [0.1, 0.15) is 24.1 Å². The number of hydrogen-bond donors (Lipinski definition) is 9. The summed E-state index contributed by atoms with van der Waals surface area (Å²) in [6.45, 7) is -0.458. The van der Waals surface area contributed by atoms with Crippen molar-refractivity contribution in [2.24, 2.45) is 22.2 Å². The number of nitrogens with zero attached hydrogens (tertiary/aromatic N) is 2. The number of amides is 3. The monoisotopic (exact) mass is 545 g/mol. The Morgan fingerprint density at radius 2 is 1.56 bits per heavy atom. The second kappa shape index (κ2) is 15.7. The highest BCUT2D eigenvalue weighted by atomic mass is 16.4.